The highest BCUT2D eigenvalue weighted by Gasteiger charge is 2.48. The highest BCUT2D eigenvalue weighted by atomic mass is 32.2. The molecule has 2 N–H and O–H groups in total. The van der Waals surface area contributed by atoms with Crippen LogP contribution in [0, 0.1) is 5.92 Å². The van der Waals surface area contributed by atoms with Crippen LogP contribution in [0.25, 0.3) is 0 Å². The van der Waals surface area contributed by atoms with E-state index in [1.54, 1.807) is 0 Å². The van der Waals surface area contributed by atoms with Gasteiger partial charge in [-0.05, 0) is 31.0 Å². The lowest BCUT2D eigenvalue weighted by molar-refractivity contribution is 0.0863. The number of hydrogen-bond acceptors (Lipinski definition) is 5. The summed E-state index contributed by atoms with van der Waals surface area (Å²) in [6, 6.07) is 4.05. The predicted molar refractivity (Wildman–Crippen MR) is 81.5 cm³/mol. The number of benzene rings is 1. The van der Waals surface area contributed by atoms with Gasteiger partial charge in [-0.2, -0.15) is 0 Å². The lowest BCUT2D eigenvalue weighted by Gasteiger charge is -2.27. The Kier molecular flexibility index (Phi) is 3.21. The van der Waals surface area contributed by atoms with Gasteiger partial charge in [0, 0.05) is 37.2 Å². The minimum absolute atomic E-state index is 0.0487. The summed E-state index contributed by atoms with van der Waals surface area (Å²) < 4.78 is 26.0. The highest BCUT2D eigenvalue weighted by Crippen LogP contribution is 2.39. The number of carbonyl (C=O) groups excluding carboxylic acids is 2. The van der Waals surface area contributed by atoms with Gasteiger partial charge < -0.3 is 10.6 Å². The fraction of sp³-hybridized carbons (Fsp3) is 0.467. The average molecular weight is 335 g/mol. The molecule has 1 saturated carbocycles. The first-order valence-electron chi connectivity index (χ1n) is 7.70. The van der Waals surface area contributed by atoms with Crippen LogP contribution in [0.5, 0.6) is 0 Å². The van der Waals surface area contributed by atoms with Crippen LogP contribution in [0.3, 0.4) is 0 Å². The normalized spacial score (nSPS) is 22.6. The molecule has 2 aliphatic heterocycles. The number of fused-ring (bicyclic) bond motifs is 1. The second-order valence-corrected chi connectivity index (χ2v) is 8.07. The third-order valence-electron chi connectivity index (χ3n) is 4.51. The molecule has 2 fully saturated rings. The van der Waals surface area contributed by atoms with Crippen LogP contribution in [-0.4, -0.2) is 50.2 Å². The lowest BCUT2D eigenvalue weighted by Crippen LogP contribution is -2.48. The van der Waals surface area contributed by atoms with E-state index in [4.69, 9.17) is 0 Å². The number of carbonyl (C=O) groups is 2. The van der Waals surface area contributed by atoms with Gasteiger partial charge in [0.1, 0.15) is 4.90 Å². The first-order valence-corrected chi connectivity index (χ1v) is 9.14. The number of hydrogen-bond donors (Lipinski definition) is 2. The molecule has 0 atom stereocenters. The fourth-order valence-electron chi connectivity index (χ4n) is 2.89. The molecule has 1 aliphatic carbocycles. The van der Waals surface area contributed by atoms with Gasteiger partial charge in [0.25, 0.3) is 21.8 Å². The Morgan fingerprint density at radius 1 is 1.30 bits per heavy atom. The van der Waals surface area contributed by atoms with Gasteiger partial charge in [-0.15, -0.1) is 0 Å². The van der Waals surface area contributed by atoms with Gasteiger partial charge in [0.15, 0.2) is 0 Å². The maximum Gasteiger partial charge on any atom is 0.269 e. The number of amides is 2. The Morgan fingerprint density at radius 2 is 2.04 bits per heavy atom. The lowest BCUT2D eigenvalue weighted by atomic mass is 10.0. The highest BCUT2D eigenvalue weighted by molar-refractivity contribution is 7.90. The van der Waals surface area contributed by atoms with Crippen LogP contribution in [0.15, 0.2) is 23.1 Å². The number of rotatable bonds is 4. The van der Waals surface area contributed by atoms with Crippen molar-refractivity contribution in [3.8, 4) is 0 Å². The molecule has 8 heteroatoms. The molecular weight excluding hydrogens is 318 g/mol. The molecule has 2 amide bonds. The molecule has 0 radical (unpaired) electrons. The van der Waals surface area contributed by atoms with Crippen LogP contribution >= 0.6 is 0 Å². The van der Waals surface area contributed by atoms with E-state index >= 15 is 0 Å². The van der Waals surface area contributed by atoms with Gasteiger partial charge in [-0.3, -0.25) is 9.59 Å². The van der Waals surface area contributed by atoms with Crippen molar-refractivity contribution in [2.24, 2.45) is 5.92 Å². The molecule has 1 saturated heterocycles. The standard InChI is InChI=1S/C15H17N3O4S/c19-14(17-8-9-6-16-7-9)10-1-4-12-13(5-10)23(21,22)18(15(12)20)11-2-3-11/h1,4-5,9,11,16H,2-3,6-8H2,(H,17,19). The summed E-state index contributed by atoms with van der Waals surface area (Å²) >= 11 is 0. The second-order valence-electron chi connectivity index (χ2n) is 6.28. The van der Waals surface area contributed by atoms with Crippen molar-refractivity contribution in [2.75, 3.05) is 19.6 Å². The number of nitrogens with zero attached hydrogens (tertiary/aromatic N) is 1. The van der Waals surface area contributed by atoms with Crippen molar-refractivity contribution < 1.29 is 18.0 Å². The molecule has 122 valence electrons. The van der Waals surface area contributed by atoms with E-state index < -0.39 is 15.9 Å². The maximum absolute atomic E-state index is 12.5. The zero-order chi connectivity index (χ0) is 16.2. The summed E-state index contributed by atoms with van der Waals surface area (Å²) in [6.07, 6.45) is 1.42. The largest absolute Gasteiger partial charge is 0.352 e. The van der Waals surface area contributed by atoms with Crippen molar-refractivity contribution in [3.05, 3.63) is 29.3 Å². The Balaban J connectivity index is 1.60. The predicted octanol–water partition coefficient (Wildman–Crippen LogP) is -0.0573. The van der Waals surface area contributed by atoms with Gasteiger partial charge in [0.05, 0.1) is 5.56 Å². The molecule has 2 heterocycles. The van der Waals surface area contributed by atoms with Crippen molar-refractivity contribution in [1.82, 2.24) is 14.9 Å². The van der Waals surface area contributed by atoms with E-state index in [0.717, 1.165) is 17.4 Å². The van der Waals surface area contributed by atoms with Crippen molar-refractivity contribution >= 4 is 21.8 Å². The Morgan fingerprint density at radius 3 is 2.65 bits per heavy atom. The smallest absolute Gasteiger partial charge is 0.269 e. The van der Waals surface area contributed by atoms with Crippen LogP contribution < -0.4 is 10.6 Å². The summed E-state index contributed by atoms with van der Waals surface area (Å²) in [4.78, 5) is 24.4. The molecule has 0 bridgehead atoms. The van der Waals surface area contributed by atoms with Crippen LogP contribution in [0.4, 0.5) is 0 Å². The first kappa shape index (κ1) is 14.6. The molecule has 0 spiro atoms. The molecule has 1 aromatic rings. The van der Waals surface area contributed by atoms with Crippen LogP contribution in [0.2, 0.25) is 0 Å². The van der Waals surface area contributed by atoms with Gasteiger partial charge in [-0.25, -0.2) is 12.7 Å². The second kappa shape index (κ2) is 5.04. The Bertz CT molecular complexity index is 797. The third-order valence-corrected chi connectivity index (χ3v) is 6.38. The van der Waals surface area contributed by atoms with Crippen LogP contribution in [-0.2, 0) is 10.0 Å². The zero-order valence-corrected chi connectivity index (χ0v) is 13.2. The summed E-state index contributed by atoms with van der Waals surface area (Å²) in [5.74, 6) is -0.369. The van der Waals surface area contributed by atoms with Gasteiger partial charge >= 0.3 is 0 Å². The molecular formula is C15H17N3O4S. The molecule has 0 aromatic heterocycles. The van der Waals surface area contributed by atoms with E-state index in [1.807, 2.05) is 0 Å². The minimum Gasteiger partial charge on any atom is -0.352 e. The van der Waals surface area contributed by atoms with Crippen molar-refractivity contribution in [1.29, 1.82) is 0 Å². The molecule has 3 aliphatic rings. The fourth-order valence-corrected chi connectivity index (χ4v) is 4.73. The number of nitrogens with one attached hydrogen (secondary N) is 2. The topological polar surface area (TPSA) is 95.6 Å². The zero-order valence-electron chi connectivity index (χ0n) is 12.4. The maximum atomic E-state index is 12.5. The monoisotopic (exact) mass is 335 g/mol. The van der Waals surface area contributed by atoms with Crippen molar-refractivity contribution in [2.45, 2.75) is 23.8 Å². The van der Waals surface area contributed by atoms with Crippen molar-refractivity contribution in [3.63, 3.8) is 0 Å². The molecule has 23 heavy (non-hydrogen) atoms. The summed E-state index contributed by atoms with van der Waals surface area (Å²) in [6.45, 7) is 2.32. The van der Waals surface area contributed by atoms with E-state index in [2.05, 4.69) is 10.6 Å². The SMILES string of the molecule is O=C(NCC1CNC1)c1ccc2c(c1)S(=O)(=O)N(C1CC1)C2=O. The summed E-state index contributed by atoms with van der Waals surface area (Å²) in [5, 5.41) is 5.93. The first-order chi connectivity index (χ1) is 11.0. The minimum atomic E-state index is -3.82. The Labute approximate surface area is 134 Å². The van der Waals surface area contributed by atoms with Gasteiger partial charge in [-0.1, -0.05) is 0 Å². The summed E-state index contributed by atoms with van der Waals surface area (Å²) in [7, 11) is -3.82. The average Bonchev–Trinajstić information content (AvgIpc) is 3.26. The third kappa shape index (κ3) is 2.33. The van der Waals surface area contributed by atoms with E-state index in [1.165, 1.54) is 18.2 Å². The quantitative estimate of drug-likeness (QED) is 0.804. The molecule has 1 aromatic carbocycles. The molecule has 7 nitrogen and oxygen atoms in total. The van der Waals surface area contributed by atoms with E-state index in [9.17, 15) is 18.0 Å². The van der Waals surface area contributed by atoms with Gasteiger partial charge in [0.2, 0.25) is 0 Å². The Hall–Kier alpha value is -1.93. The molecule has 4 rings (SSSR count). The van der Waals surface area contributed by atoms with E-state index in [-0.39, 0.29) is 28.0 Å². The van der Waals surface area contributed by atoms with Crippen LogP contribution in [0.1, 0.15) is 33.6 Å². The number of sulfonamides is 1. The molecule has 0 unspecified atom stereocenters. The van der Waals surface area contributed by atoms with E-state index in [0.29, 0.717) is 25.3 Å². The summed E-state index contributed by atoms with van der Waals surface area (Å²) in [5.41, 5.74) is 0.432.